The van der Waals surface area contributed by atoms with Gasteiger partial charge >= 0.3 is 0 Å². The second kappa shape index (κ2) is 9.41. The summed E-state index contributed by atoms with van der Waals surface area (Å²) in [6, 6.07) is 14.1. The fourth-order valence-electron chi connectivity index (χ4n) is 2.61. The summed E-state index contributed by atoms with van der Waals surface area (Å²) >= 11 is 0. The zero-order valence-electron chi connectivity index (χ0n) is 16.4. The summed E-state index contributed by atoms with van der Waals surface area (Å²) in [4.78, 5) is 21.2. The molecule has 0 saturated carbocycles. The molecule has 150 valence electrons. The van der Waals surface area contributed by atoms with Crippen LogP contribution in [0.15, 0.2) is 54.7 Å². The number of methoxy groups -OCH3 is 2. The van der Waals surface area contributed by atoms with E-state index in [4.69, 9.17) is 14.2 Å². The van der Waals surface area contributed by atoms with Gasteiger partial charge in [0.1, 0.15) is 22.9 Å². The second-order valence-corrected chi connectivity index (χ2v) is 5.84. The molecule has 8 heteroatoms. The van der Waals surface area contributed by atoms with Gasteiger partial charge in [0, 0.05) is 12.3 Å². The quantitative estimate of drug-likeness (QED) is 0.598. The highest BCUT2D eigenvalue weighted by atomic mass is 16.5. The van der Waals surface area contributed by atoms with Crippen LogP contribution >= 0.6 is 0 Å². The number of hydrogen-bond acceptors (Lipinski definition) is 7. The zero-order valence-corrected chi connectivity index (χ0v) is 16.4. The summed E-state index contributed by atoms with van der Waals surface area (Å²) in [5.41, 5.74) is 1.42. The number of ether oxygens (including phenoxy) is 3. The number of para-hydroxylation sites is 2. The van der Waals surface area contributed by atoms with Gasteiger partial charge in [-0.2, -0.15) is 0 Å². The number of carbonyl (C=O) groups is 1. The third kappa shape index (κ3) is 4.92. The molecule has 0 aliphatic rings. The summed E-state index contributed by atoms with van der Waals surface area (Å²) in [5.74, 6) is 1.68. The Balaban J connectivity index is 1.78. The normalized spacial score (nSPS) is 10.2. The van der Waals surface area contributed by atoms with Crippen LogP contribution in [-0.2, 0) is 0 Å². The number of nitrogens with one attached hydrogen (secondary N) is 2. The minimum atomic E-state index is -0.392. The molecule has 0 aliphatic heterocycles. The number of benzene rings is 2. The summed E-state index contributed by atoms with van der Waals surface area (Å²) in [6.07, 6.45) is 1.51. The van der Waals surface area contributed by atoms with Crippen molar-refractivity contribution in [1.29, 1.82) is 0 Å². The number of anilines is 3. The lowest BCUT2D eigenvalue weighted by Crippen LogP contribution is -2.15. The van der Waals surface area contributed by atoms with Crippen molar-refractivity contribution < 1.29 is 19.0 Å². The van der Waals surface area contributed by atoms with E-state index in [0.717, 1.165) is 0 Å². The molecule has 0 saturated heterocycles. The summed E-state index contributed by atoms with van der Waals surface area (Å²) in [6.45, 7) is 2.44. The average Bonchev–Trinajstić information content (AvgIpc) is 2.75. The fraction of sp³-hybridized carbons (Fsp3) is 0.190. The molecule has 0 radical (unpaired) electrons. The second-order valence-electron chi connectivity index (χ2n) is 5.84. The van der Waals surface area contributed by atoms with Gasteiger partial charge in [0.15, 0.2) is 0 Å². The van der Waals surface area contributed by atoms with Crippen molar-refractivity contribution in [1.82, 2.24) is 9.97 Å². The highest BCUT2D eigenvalue weighted by Crippen LogP contribution is 2.29. The number of hydrogen-bond donors (Lipinski definition) is 2. The van der Waals surface area contributed by atoms with Gasteiger partial charge in [0.25, 0.3) is 5.91 Å². The maximum atomic E-state index is 12.7. The lowest BCUT2D eigenvalue weighted by Gasteiger charge is -2.13. The number of rotatable bonds is 8. The summed E-state index contributed by atoms with van der Waals surface area (Å²) < 4.78 is 16.1. The molecule has 8 nitrogen and oxygen atoms in total. The Bertz CT molecular complexity index is 994. The van der Waals surface area contributed by atoms with Crippen molar-refractivity contribution in [2.24, 2.45) is 0 Å². The van der Waals surface area contributed by atoms with Crippen LogP contribution in [0, 0.1) is 0 Å². The first-order valence-corrected chi connectivity index (χ1v) is 9.00. The van der Waals surface area contributed by atoms with Crippen LogP contribution in [0.3, 0.4) is 0 Å². The van der Waals surface area contributed by atoms with E-state index in [0.29, 0.717) is 35.2 Å². The first-order valence-electron chi connectivity index (χ1n) is 9.00. The monoisotopic (exact) mass is 394 g/mol. The minimum absolute atomic E-state index is 0.203. The van der Waals surface area contributed by atoms with E-state index in [-0.39, 0.29) is 11.6 Å². The van der Waals surface area contributed by atoms with E-state index >= 15 is 0 Å². The maximum absolute atomic E-state index is 12.7. The molecule has 1 amide bonds. The Kier molecular flexibility index (Phi) is 6.47. The number of aromatic nitrogens is 2. The maximum Gasteiger partial charge on any atom is 0.274 e. The zero-order chi connectivity index (χ0) is 20.6. The predicted octanol–water partition coefficient (Wildman–Crippen LogP) is 3.89. The van der Waals surface area contributed by atoms with Crippen LogP contribution in [0.4, 0.5) is 17.3 Å². The molecule has 0 atom stereocenters. The minimum Gasteiger partial charge on any atom is -0.497 e. The first kappa shape index (κ1) is 19.9. The van der Waals surface area contributed by atoms with E-state index in [1.807, 2.05) is 31.2 Å². The van der Waals surface area contributed by atoms with Crippen LogP contribution < -0.4 is 24.8 Å². The standard InChI is InChI=1S/C21H22N4O4/c1-4-29-18-8-6-5-7-15(18)24-21-22-12-11-17(25-21)20(26)23-16-10-9-14(27-2)13-19(16)28-3/h5-13H,4H2,1-3H3,(H,23,26)(H,22,24,25). The molecule has 2 N–H and O–H groups in total. The molecule has 3 rings (SSSR count). The van der Waals surface area contributed by atoms with Crippen molar-refractivity contribution in [2.75, 3.05) is 31.5 Å². The third-order valence-corrected chi connectivity index (χ3v) is 3.98. The number of nitrogens with zero attached hydrogens (tertiary/aromatic N) is 2. The SMILES string of the molecule is CCOc1ccccc1Nc1nccc(C(=O)Nc2ccc(OC)cc2OC)n1. The van der Waals surface area contributed by atoms with Crippen molar-refractivity contribution in [3.63, 3.8) is 0 Å². The van der Waals surface area contributed by atoms with Crippen molar-refractivity contribution in [3.8, 4) is 17.2 Å². The third-order valence-electron chi connectivity index (χ3n) is 3.98. The fourth-order valence-corrected chi connectivity index (χ4v) is 2.61. The molecule has 29 heavy (non-hydrogen) atoms. The Hall–Kier alpha value is -3.81. The molecule has 0 fully saturated rings. The molecular formula is C21H22N4O4. The Morgan fingerprint density at radius 2 is 1.83 bits per heavy atom. The molecule has 0 spiro atoms. The molecule has 3 aromatic rings. The van der Waals surface area contributed by atoms with Gasteiger partial charge in [-0.3, -0.25) is 4.79 Å². The van der Waals surface area contributed by atoms with Crippen LogP contribution in [0.5, 0.6) is 17.2 Å². The van der Waals surface area contributed by atoms with E-state index in [1.165, 1.54) is 19.4 Å². The van der Waals surface area contributed by atoms with E-state index < -0.39 is 5.91 Å². The van der Waals surface area contributed by atoms with Gasteiger partial charge in [-0.15, -0.1) is 0 Å². The predicted molar refractivity (Wildman–Crippen MR) is 110 cm³/mol. The average molecular weight is 394 g/mol. The highest BCUT2D eigenvalue weighted by Gasteiger charge is 2.13. The van der Waals surface area contributed by atoms with Crippen molar-refractivity contribution in [3.05, 3.63) is 60.4 Å². The summed E-state index contributed by atoms with van der Waals surface area (Å²) in [7, 11) is 3.08. The molecule has 0 aliphatic carbocycles. The Morgan fingerprint density at radius 3 is 2.59 bits per heavy atom. The Labute approximate surface area is 168 Å². The van der Waals surface area contributed by atoms with Crippen molar-refractivity contribution in [2.45, 2.75) is 6.92 Å². The van der Waals surface area contributed by atoms with Crippen LogP contribution in [-0.4, -0.2) is 36.7 Å². The van der Waals surface area contributed by atoms with Gasteiger partial charge in [-0.25, -0.2) is 9.97 Å². The van der Waals surface area contributed by atoms with Gasteiger partial charge < -0.3 is 24.8 Å². The Morgan fingerprint density at radius 1 is 1.00 bits per heavy atom. The van der Waals surface area contributed by atoms with Crippen LogP contribution in [0.25, 0.3) is 0 Å². The van der Waals surface area contributed by atoms with E-state index in [1.54, 1.807) is 25.3 Å². The van der Waals surface area contributed by atoms with E-state index in [2.05, 4.69) is 20.6 Å². The largest absolute Gasteiger partial charge is 0.497 e. The molecule has 2 aromatic carbocycles. The van der Waals surface area contributed by atoms with Gasteiger partial charge in [-0.1, -0.05) is 12.1 Å². The lowest BCUT2D eigenvalue weighted by atomic mass is 10.2. The van der Waals surface area contributed by atoms with Gasteiger partial charge in [-0.05, 0) is 37.3 Å². The smallest absolute Gasteiger partial charge is 0.274 e. The topological polar surface area (TPSA) is 94.6 Å². The van der Waals surface area contributed by atoms with E-state index in [9.17, 15) is 4.79 Å². The molecular weight excluding hydrogens is 372 g/mol. The first-order chi connectivity index (χ1) is 14.1. The number of carbonyl (C=O) groups excluding carboxylic acids is 1. The van der Waals surface area contributed by atoms with Crippen LogP contribution in [0.1, 0.15) is 17.4 Å². The molecule has 1 heterocycles. The molecule has 0 unspecified atom stereocenters. The van der Waals surface area contributed by atoms with Crippen LogP contribution in [0.2, 0.25) is 0 Å². The van der Waals surface area contributed by atoms with Gasteiger partial charge in [0.2, 0.25) is 5.95 Å². The summed E-state index contributed by atoms with van der Waals surface area (Å²) in [5, 5.41) is 5.88. The molecule has 0 bridgehead atoms. The number of amides is 1. The van der Waals surface area contributed by atoms with Gasteiger partial charge in [0.05, 0.1) is 32.2 Å². The molecule has 1 aromatic heterocycles. The van der Waals surface area contributed by atoms with Crippen molar-refractivity contribution >= 4 is 23.2 Å². The highest BCUT2D eigenvalue weighted by molar-refractivity contribution is 6.03. The lowest BCUT2D eigenvalue weighted by molar-refractivity contribution is 0.102.